The molecule has 0 aliphatic rings. The number of methoxy groups -OCH3 is 1. The van der Waals surface area contributed by atoms with Crippen LogP contribution in [0.25, 0.3) is 11.5 Å². The van der Waals surface area contributed by atoms with Gasteiger partial charge in [0.15, 0.2) is 5.82 Å². The van der Waals surface area contributed by atoms with E-state index >= 15 is 0 Å². The van der Waals surface area contributed by atoms with E-state index in [0.29, 0.717) is 23.0 Å². The average molecular weight is 248 g/mol. The predicted molar refractivity (Wildman–Crippen MR) is 62.2 cm³/mol. The second-order valence-electron chi connectivity index (χ2n) is 3.61. The molecule has 0 aliphatic carbocycles. The molecule has 1 aromatic heterocycles. The molecule has 0 saturated carbocycles. The van der Waals surface area contributed by atoms with Crippen molar-refractivity contribution in [3.63, 3.8) is 0 Å². The van der Waals surface area contributed by atoms with Gasteiger partial charge in [-0.15, -0.1) is 0 Å². The SMILES string of the molecule is COc1ccccc1-c1nc(CCC(=O)O)no1. The van der Waals surface area contributed by atoms with Crippen LogP contribution in [0.3, 0.4) is 0 Å². The third kappa shape index (κ3) is 2.65. The van der Waals surface area contributed by atoms with Crippen LogP contribution < -0.4 is 4.74 Å². The highest BCUT2D eigenvalue weighted by molar-refractivity contribution is 5.67. The number of aromatic nitrogens is 2. The van der Waals surface area contributed by atoms with Gasteiger partial charge in [-0.3, -0.25) is 4.79 Å². The van der Waals surface area contributed by atoms with E-state index in [-0.39, 0.29) is 12.8 Å². The van der Waals surface area contributed by atoms with E-state index in [1.807, 2.05) is 12.1 Å². The van der Waals surface area contributed by atoms with Crippen LogP contribution in [-0.4, -0.2) is 28.3 Å². The number of aliphatic carboxylic acids is 1. The molecule has 94 valence electrons. The van der Waals surface area contributed by atoms with Gasteiger partial charge in [-0.1, -0.05) is 17.3 Å². The van der Waals surface area contributed by atoms with E-state index in [9.17, 15) is 4.79 Å². The lowest BCUT2D eigenvalue weighted by molar-refractivity contribution is -0.137. The lowest BCUT2D eigenvalue weighted by Gasteiger charge is -2.02. The maximum absolute atomic E-state index is 10.4. The summed E-state index contributed by atoms with van der Waals surface area (Å²) in [6.45, 7) is 0. The number of hydrogen-bond acceptors (Lipinski definition) is 5. The smallest absolute Gasteiger partial charge is 0.303 e. The van der Waals surface area contributed by atoms with E-state index in [0.717, 1.165) is 0 Å². The number of carboxylic acids is 1. The lowest BCUT2D eigenvalue weighted by atomic mass is 10.2. The molecular formula is C12H12N2O4. The van der Waals surface area contributed by atoms with Crippen LogP contribution in [0.5, 0.6) is 5.75 Å². The quantitative estimate of drug-likeness (QED) is 0.867. The summed E-state index contributed by atoms with van der Waals surface area (Å²) in [5.74, 6) is 0.440. The monoisotopic (exact) mass is 248 g/mol. The van der Waals surface area contributed by atoms with Crippen molar-refractivity contribution in [2.45, 2.75) is 12.8 Å². The number of hydrogen-bond donors (Lipinski definition) is 1. The third-order valence-corrected chi connectivity index (χ3v) is 2.37. The molecule has 0 fully saturated rings. The van der Waals surface area contributed by atoms with Crippen LogP contribution in [0.2, 0.25) is 0 Å². The van der Waals surface area contributed by atoms with Crippen molar-refractivity contribution < 1.29 is 19.2 Å². The van der Waals surface area contributed by atoms with Gasteiger partial charge in [-0.05, 0) is 12.1 Å². The molecule has 2 rings (SSSR count). The van der Waals surface area contributed by atoms with Gasteiger partial charge in [0.25, 0.3) is 5.89 Å². The van der Waals surface area contributed by atoms with Crippen molar-refractivity contribution in [3.05, 3.63) is 30.1 Å². The summed E-state index contributed by atoms with van der Waals surface area (Å²) < 4.78 is 10.3. The normalized spacial score (nSPS) is 10.3. The molecule has 0 atom stereocenters. The predicted octanol–water partition coefficient (Wildman–Crippen LogP) is 1.76. The number of benzene rings is 1. The fourth-order valence-corrected chi connectivity index (χ4v) is 1.50. The van der Waals surface area contributed by atoms with E-state index in [1.165, 1.54) is 0 Å². The van der Waals surface area contributed by atoms with Crippen LogP contribution >= 0.6 is 0 Å². The highest BCUT2D eigenvalue weighted by Gasteiger charge is 2.13. The highest BCUT2D eigenvalue weighted by atomic mass is 16.5. The van der Waals surface area contributed by atoms with Gasteiger partial charge in [-0.2, -0.15) is 4.98 Å². The van der Waals surface area contributed by atoms with Gasteiger partial charge in [0.2, 0.25) is 0 Å². The fraction of sp³-hybridized carbons (Fsp3) is 0.250. The van der Waals surface area contributed by atoms with Crippen molar-refractivity contribution in [2.75, 3.05) is 7.11 Å². The zero-order valence-corrected chi connectivity index (χ0v) is 9.79. The molecule has 0 unspecified atom stereocenters. The molecule has 1 heterocycles. The average Bonchev–Trinajstić information content (AvgIpc) is 2.85. The Hall–Kier alpha value is -2.37. The van der Waals surface area contributed by atoms with Crippen molar-refractivity contribution in [1.29, 1.82) is 0 Å². The van der Waals surface area contributed by atoms with Gasteiger partial charge >= 0.3 is 5.97 Å². The Balaban J connectivity index is 2.21. The summed E-state index contributed by atoms with van der Waals surface area (Å²) >= 11 is 0. The van der Waals surface area contributed by atoms with Crippen molar-refractivity contribution in [3.8, 4) is 17.2 Å². The fourth-order valence-electron chi connectivity index (χ4n) is 1.50. The molecule has 0 saturated heterocycles. The number of carboxylic acid groups (broad SMARTS) is 1. The summed E-state index contributed by atoms with van der Waals surface area (Å²) in [5.41, 5.74) is 0.689. The topological polar surface area (TPSA) is 85.5 Å². The molecule has 1 aromatic carbocycles. The van der Waals surface area contributed by atoms with Crippen molar-refractivity contribution in [2.24, 2.45) is 0 Å². The van der Waals surface area contributed by atoms with Gasteiger partial charge in [0.1, 0.15) is 5.75 Å². The third-order valence-electron chi connectivity index (χ3n) is 2.37. The lowest BCUT2D eigenvalue weighted by Crippen LogP contribution is -1.98. The highest BCUT2D eigenvalue weighted by Crippen LogP contribution is 2.27. The van der Waals surface area contributed by atoms with Crippen LogP contribution in [0, 0.1) is 0 Å². The first kappa shape index (κ1) is 12.1. The second kappa shape index (κ2) is 5.31. The number of nitrogens with zero attached hydrogens (tertiary/aromatic N) is 2. The summed E-state index contributed by atoms with van der Waals surface area (Å²) in [4.78, 5) is 14.6. The minimum absolute atomic E-state index is 0.0229. The maximum atomic E-state index is 10.4. The molecule has 1 N–H and O–H groups in total. The van der Waals surface area contributed by atoms with Gasteiger partial charge < -0.3 is 14.4 Å². The van der Waals surface area contributed by atoms with Gasteiger partial charge in [0.05, 0.1) is 19.1 Å². The molecule has 18 heavy (non-hydrogen) atoms. The summed E-state index contributed by atoms with van der Waals surface area (Å²) in [7, 11) is 1.56. The zero-order chi connectivity index (χ0) is 13.0. The Bertz CT molecular complexity index is 551. The van der Waals surface area contributed by atoms with Gasteiger partial charge in [0, 0.05) is 6.42 Å². The zero-order valence-electron chi connectivity index (χ0n) is 9.79. The first-order valence-electron chi connectivity index (χ1n) is 5.38. The first-order chi connectivity index (χ1) is 8.70. The molecule has 0 spiro atoms. The maximum Gasteiger partial charge on any atom is 0.303 e. The number of aryl methyl sites for hydroxylation is 1. The largest absolute Gasteiger partial charge is 0.496 e. The Morgan fingerprint density at radius 1 is 1.44 bits per heavy atom. The molecule has 2 aromatic rings. The van der Waals surface area contributed by atoms with Crippen LogP contribution in [0.1, 0.15) is 12.2 Å². The molecule has 6 heteroatoms. The number of ether oxygens (including phenoxy) is 1. The Morgan fingerprint density at radius 2 is 2.22 bits per heavy atom. The molecule has 0 aliphatic heterocycles. The van der Waals surface area contributed by atoms with Crippen molar-refractivity contribution >= 4 is 5.97 Å². The number of para-hydroxylation sites is 1. The Morgan fingerprint density at radius 3 is 2.94 bits per heavy atom. The van der Waals surface area contributed by atoms with E-state index < -0.39 is 5.97 Å². The standard InChI is InChI=1S/C12H12N2O4/c1-17-9-5-3-2-4-8(9)12-13-10(14-18-12)6-7-11(15)16/h2-5H,6-7H2,1H3,(H,15,16). The second-order valence-corrected chi connectivity index (χ2v) is 3.61. The Labute approximate surface area is 103 Å². The number of carbonyl (C=O) groups is 1. The molecular weight excluding hydrogens is 236 g/mol. The van der Waals surface area contributed by atoms with Crippen molar-refractivity contribution in [1.82, 2.24) is 10.1 Å². The van der Waals surface area contributed by atoms with Gasteiger partial charge in [-0.25, -0.2) is 0 Å². The van der Waals surface area contributed by atoms with E-state index in [4.69, 9.17) is 14.4 Å². The minimum Gasteiger partial charge on any atom is -0.496 e. The Kier molecular flexibility index (Phi) is 3.57. The van der Waals surface area contributed by atoms with Crippen LogP contribution in [-0.2, 0) is 11.2 Å². The molecule has 6 nitrogen and oxygen atoms in total. The van der Waals surface area contributed by atoms with E-state index in [1.54, 1.807) is 19.2 Å². The van der Waals surface area contributed by atoms with E-state index in [2.05, 4.69) is 10.1 Å². The summed E-state index contributed by atoms with van der Waals surface area (Å²) in [5, 5.41) is 12.3. The van der Waals surface area contributed by atoms with Crippen LogP contribution in [0.4, 0.5) is 0 Å². The summed E-state index contributed by atoms with van der Waals surface area (Å²) in [6.07, 6.45) is 0.221. The molecule has 0 radical (unpaired) electrons. The number of rotatable bonds is 5. The molecule has 0 bridgehead atoms. The minimum atomic E-state index is -0.890. The molecule has 0 amide bonds. The summed E-state index contributed by atoms with van der Waals surface area (Å²) in [6, 6.07) is 7.26. The first-order valence-corrected chi connectivity index (χ1v) is 5.38. The van der Waals surface area contributed by atoms with Crippen LogP contribution in [0.15, 0.2) is 28.8 Å².